The van der Waals surface area contributed by atoms with Crippen molar-refractivity contribution in [3.8, 4) is 0 Å². The third kappa shape index (κ3) is 50.7. The number of esters is 3. The van der Waals surface area contributed by atoms with E-state index >= 15 is 0 Å². The largest absolute Gasteiger partial charge is 0.462 e. The number of rotatable bonds is 45. The Kier molecular flexibility index (Phi) is 49.1. The molecule has 0 aromatic carbocycles. The number of hydrogen-bond donors (Lipinski definition) is 0. The normalized spacial score (nSPS) is 13.1. The van der Waals surface area contributed by atoms with Crippen LogP contribution >= 0.6 is 0 Å². The summed E-state index contributed by atoms with van der Waals surface area (Å²) >= 11 is 0. The molecular formula is C59H94O6. The fraction of sp³-hybridized carbons (Fsp3) is 0.610. The zero-order chi connectivity index (χ0) is 47.2. The van der Waals surface area contributed by atoms with Crippen LogP contribution in [0.5, 0.6) is 0 Å². The lowest BCUT2D eigenvalue weighted by Gasteiger charge is -2.18. The second-order valence-corrected chi connectivity index (χ2v) is 16.7. The Morgan fingerprint density at radius 2 is 0.600 bits per heavy atom. The summed E-state index contributed by atoms with van der Waals surface area (Å²) in [4.78, 5) is 37.8. The van der Waals surface area contributed by atoms with E-state index in [0.717, 1.165) is 128 Å². The SMILES string of the molecule is CC/C=C\C/C=C\C/C=C\C/C=C\C/C=C\C/C=C\CCCCC(=O)OCC(COC(=O)CCCCCCCCC)OC(=O)CCCCCCCC/C=C\C/C=C\C/C=C\C/C=C\CC. The van der Waals surface area contributed by atoms with E-state index in [1.54, 1.807) is 0 Å². The molecule has 0 aliphatic rings. The summed E-state index contributed by atoms with van der Waals surface area (Å²) in [7, 11) is 0. The van der Waals surface area contributed by atoms with Crippen molar-refractivity contribution in [1.29, 1.82) is 0 Å². The highest BCUT2D eigenvalue weighted by atomic mass is 16.6. The first-order chi connectivity index (χ1) is 32.0. The first-order valence-electron chi connectivity index (χ1n) is 26.0. The summed E-state index contributed by atoms with van der Waals surface area (Å²) in [6.07, 6.45) is 72.0. The van der Waals surface area contributed by atoms with E-state index in [0.29, 0.717) is 25.7 Å². The fourth-order valence-corrected chi connectivity index (χ4v) is 6.61. The van der Waals surface area contributed by atoms with Crippen molar-refractivity contribution >= 4 is 17.9 Å². The van der Waals surface area contributed by atoms with Crippen LogP contribution in [0.15, 0.2) is 122 Å². The summed E-state index contributed by atoms with van der Waals surface area (Å²) in [5, 5.41) is 0. The van der Waals surface area contributed by atoms with Gasteiger partial charge in [0.05, 0.1) is 0 Å². The van der Waals surface area contributed by atoms with E-state index < -0.39 is 6.10 Å². The standard InChI is InChI=1S/C59H94O6/c1-4-7-10-13-16-18-20-22-24-26-28-29-31-32-34-36-38-40-43-46-49-52-58(61)64-55-56(54-63-57(60)51-48-45-42-15-12-9-6-3)65-59(62)53-50-47-44-41-39-37-35-33-30-27-25-23-21-19-17-14-11-8-5-2/h7-8,10-11,16-19,22-25,28-30,32-34,38,40,56H,4-6,9,12-15,20-21,26-27,31,35-37,39,41-55H2,1-3H3/b10-7-,11-8-,18-16-,19-17-,24-22-,25-23-,29-28-,33-30-,34-32-,40-38-. The van der Waals surface area contributed by atoms with Crippen LogP contribution in [-0.2, 0) is 28.6 Å². The number of carbonyl (C=O) groups is 3. The lowest BCUT2D eigenvalue weighted by Crippen LogP contribution is -2.30. The van der Waals surface area contributed by atoms with Crippen LogP contribution in [-0.4, -0.2) is 37.2 Å². The number of ether oxygens (including phenoxy) is 3. The van der Waals surface area contributed by atoms with Crippen molar-refractivity contribution in [3.05, 3.63) is 122 Å². The van der Waals surface area contributed by atoms with E-state index in [1.807, 2.05) is 0 Å². The van der Waals surface area contributed by atoms with Gasteiger partial charge in [-0.2, -0.15) is 0 Å². The van der Waals surface area contributed by atoms with Crippen molar-refractivity contribution in [1.82, 2.24) is 0 Å². The van der Waals surface area contributed by atoms with Crippen molar-refractivity contribution in [2.24, 2.45) is 0 Å². The summed E-state index contributed by atoms with van der Waals surface area (Å²) in [5.74, 6) is -0.975. The molecule has 0 amide bonds. The van der Waals surface area contributed by atoms with E-state index in [1.165, 1.54) is 38.5 Å². The van der Waals surface area contributed by atoms with Gasteiger partial charge in [-0.15, -0.1) is 0 Å². The minimum Gasteiger partial charge on any atom is -0.462 e. The topological polar surface area (TPSA) is 78.9 Å². The predicted octanol–water partition coefficient (Wildman–Crippen LogP) is 17.3. The summed E-state index contributed by atoms with van der Waals surface area (Å²) in [6.45, 7) is 6.30. The zero-order valence-electron chi connectivity index (χ0n) is 41.7. The van der Waals surface area contributed by atoms with Gasteiger partial charge in [0.15, 0.2) is 6.10 Å². The van der Waals surface area contributed by atoms with Crippen molar-refractivity contribution < 1.29 is 28.6 Å². The average molecular weight is 899 g/mol. The van der Waals surface area contributed by atoms with Crippen LogP contribution in [0.2, 0.25) is 0 Å². The van der Waals surface area contributed by atoms with Gasteiger partial charge in [-0.05, 0) is 109 Å². The molecule has 0 aliphatic carbocycles. The summed E-state index contributed by atoms with van der Waals surface area (Å²) < 4.78 is 16.7. The van der Waals surface area contributed by atoms with E-state index in [2.05, 4.69) is 142 Å². The van der Waals surface area contributed by atoms with E-state index in [9.17, 15) is 14.4 Å². The minimum atomic E-state index is -0.804. The number of unbranched alkanes of at least 4 members (excludes halogenated alkanes) is 14. The monoisotopic (exact) mass is 899 g/mol. The minimum absolute atomic E-state index is 0.101. The van der Waals surface area contributed by atoms with Crippen molar-refractivity contribution in [2.75, 3.05) is 13.2 Å². The molecule has 0 bridgehead atoms. The molecule has 0 saturated heterocycles. The molecule has 1 atom stereocenters. The Labute approximate surface area is 399 Å². The Morgan fingerprint density at radius 3 is 0.969 bits per heavy atom. The maximum atomic E-state index is 12.8. The van der Waals surface area contributed by atoms with Crippen LogP contribution in [0.25, 0.3) is 0 Å². The van der Waals surface area contributed by atoms with Crippen LogP contribution < -0.4 is 0 Å². The Balaban J connectivity index is 4.39. The van der Waals surface area contributed by atoms with Gasteiger partial charge in [0.1, 0.15) is 13.2 Å². The zero-order valence-corrected chi connectivity index (χ0v) is 41.7. The molecule has 0 aromatic heterocycles. The van der Waals surface area contributed by atoms with E-state index in [-0.39, 0.29) is 31.1 Å². The van der Waals surface area contributed by atoms with Gasteiger partial charge in [0.2, 0.25) is 0 Å². The molecule has 366 valence electrons. The predicted molar refractivity (Wildman–Crippen MR) is 279 cm³/mol. The van der Waals surface area contributed by atoms with Crippen LogP contribution in [0.4, 0.5) is 0 Å². The molecule has 0 aliphatic heterocycles. The van der Waals surface area contributed by atoms with Crippen molar-refractivity contribution in [2.45, 2.75) is 219 Å². The van der Waals surface area contributed by atoms with Crippen molar-refractivity contribution in [3.63, 3.8) is 0 Å². The number of hydrogen-bond acceptors (Lipinski definition) is 6. The van der Waals surface area contributed by atoms with Crippen LogP contribution in [0, 0.1) is 0 Å². The maximum Gasteiger partial charge on any atom is 0.306 e. The van der Waals surface area contributed by atoms with E-state index in [4.69, 9.17) is 14.2 Å². The molecular weight excluding hydrogens is 805 g/mol. The highest BCUT2D eigenvalue weighted by molar-refractivity contribution is 5.71. The van der Waals surface area contributed by atoms with Gasteiger partial charge in [0.25, 0.3) is 0 Å². The quantitative estimate of drug-likeness (QED) is 0.0262. The molecule has 0 saturated carbocycles. The number of carbonyl (C=O) groups excluding carboxylic acids is 3. The van der Waals surface area contributed by atoms with Gasteiger partial charge in [-0.3, -0.25) is 14.4 Å². The molecule has 0 radical (unpaired) electrons. The summed E-state index contributed by atoms with van der Waals surface area (Å²) in [6, 6.07) is 0. The van der Waals surface area contributed by atoms with Gasteiger partial charge >= 0.3 is 17.9 Å². The molecule has 0 spiro atoms. The Morgan fingerprint density at radius 1 is 0.323 bits per heavy atom. The maximum absolute atomic E-state index is 12.8. The third-order valence-electron chi connectivity index (χ3n) is 10.5. The molecule has 65 heavy (non-hydrogen) atoms. The second-order valence-electron chi connectivity index (χ2n) is 16.7. The molecule has 1 unspecified atom stereocenters. The lowest BCUT2D eigenvalue weighted by molar-refractivity contribution is -0.167. The van der Waals surface area contributed by atoms with Gasteiger partial charge < -0.3 is 14.2 Å². The summed E-state index contributed by atoms with van der Waals surface area (Å²) in [5.41, 5.74) is 0. The average Bonchev–Trinajstić information content (AvgIpc) is 3.30. The lowest BCUT2D eigenvalue weighted by atomic mass is 10.1. The highest BCUT2D eigenvalue weighted by Crippen LogP contribution is 2.13. The second kappa shape index (κ2) is 52.4. The Hall–Kier alpha value is -4.19. The first kappa shape index (κ1) is 60.8. The molecule has 0 fully saturated rings. The number of allylic oxidation sites excluding steroid dienone is 20. The van der Waals surface area contributed by atoms with Crippen LogP contribution in [0.3, 0.4) is 0 Å². The Bertz CT molecular complexity index is 1400. The van der Waals surface area contributed by atoms with Gasteiger partial charge in [0, 0.05) is 19.3 Å². The van der Waals surface area contributed by atoms with Crippen LogP contribution in [0.1, 0.15) is 213 Å². The highest BCUT2D eigenvalue weighted by Gasteiger charge is 2.19. The third-order valence-corrected chi connectivity index (χ3v) is 10.5. The molecule has 6 heteroatoms. The molecule has 0 rings (SSSR count). The fourth-order valence-electron chi connectivity index (χ4n) is 6.61. The molecule has 0 heterocycles. The van der Waals surface area contributed by atoms with Gasteiger partial charge in [-0.25, -0.2) is 0 Å². The molecule has 0 N–H and O–H groups in total. The first-order valence-corrected chi connectivity index (χ1v) is 26.0. The molecule has 6 nitrogen and oxygen atoms in total. The molecule has 0 aromatic rings. The van der Waals surface area contributed by atoms with Gasteiger partial charge in [-0.1, -0.05) is 206 Å². The smallest absolute Gasteiger partial charge is 0.306 e.